The lowest BCUT2D eigenvalue weighted by Gasteiger charge is -2.32. The monoisotopic (exact) mass is 477 g/mol. The summed E-state index contributed by atoms with van der Waals surface area (Å²) in [6, 6.07) is 1.41. The molecule has 1 aromatic rings. The van der Waals surface area contributed by atoms with Crippen molar-refractivity contribution in [1.29, 1.82) is 0 Å². The SMILES string of the molecule is CC1(/C(=C/C(=O)O)C(=O)O)Cc2c(N)c(Cl)cc(C(=O)NCCC34CCCN3CCC4)c2O1. The van der Waals surface area contributed by atoms with Crippen LogP contribution in [0.5, 0.6) is 5.75 Å². The second-order valence-electron chi connectivity index (χ2n) is 9.26. The highest BCUT2D eigenvalue weighted by molar-refractivity contribution is 6.34. The average molecular weight is 478 g/mol. The maximum atomic E-state index is 13.1. The van der Waals surface area contributed by atoms with Crippen LogP contribution in [0.15, 0.2) is 17.7 Å². The number of carbonyl (C=O) groups excluding carboxylic acids is 1. The summed E-state index contributed by atoms with van der Waals surface area (Å²) in [5.41, 5.74) is 5.03. The number of benzene rings is 1. The van der Waals surface area contributed by atoms with Crippen LogP contribution in [0.25, 0.3) is 0 Å². The number of halogens is 1. The zero-order valence-electron chi connectivity index (χ0n) is 18.4. The quantitative estimate of drug-likeness (QED) is 0.346. The Kier molecular flexibility index (Phi) is 6.05. The van der Waals surface area contributed by atoms with E-state index in [0.717, 1.165) is 32.4 Å². The van der Waals surface area contributed by atoms with Crippen LogP contribution >= 0.6 is 11.6 Å². The maximum absolute atomic E-state index is 13.1. The fourth-order valence-electron chi connectivity index (χ4n) is 5.61. The summed E-state index contributed by atoms with van der Waals surface area (Å²) < 4.78 is 5.93. The number of nitrogens with one attached hydrogen (secondary N) is 1. The molecule has 1 aromatic carbocycles. The van der Waals surface area contributed by atoms with E-state index < -0.39 is 29.0 Å². The molecule has 4 rings (SSSR count). The molecule has 0 spiro atoms. The summed E-state index contributed by atoms with van der Waals surface area (Å²) in [6.45, 7) is 4.16. The highest BCUT2D eigenvalue weighted by Gasteiger charge is 2.46. The van der Waals surface area contributed by atoms with E-state index in [-0.39, 0.29) is 34.0 Å². The minimum absolute atomic E-state index is 0.0293. The third-order valence-electron chi connectivity index (χ3n) is 7.21. The molecule has 178 valence electrons. The van der Waals surface area contributed by atoms with E-state index in [1.54, 1.807) is 0 Å². The van der Waals surface area contributed by atoms with Crippen LogP contribution in [0, 0.1) is 0 Å². The number of anilines is 1. The summed E-state index contributed by atoms with van der Waals surface area (Å²) >= 11 is 6.28. The van der Waals surface area contributed by atoms with Crippen molar-refractivity contribution in [1.82, 2.24) is 10.2 Å². The Morgan fingerprint density at radius 3 is 2.55 bits per heavy atom. The van der Waals surface area contributed by atoms with Gasteiger partial charge in [0.25, 0.3) is 5.91 Å². The molecule has 0 saturated carbocycles. The minimum atomic E-state index is -1.52. The first kappa shape index (κ1) is 23.4. The van der Waals surface area contributed by atoms with Gasteiger partial charge in [-0.2, -0.15) is 0 Å². The summed E-state index contributed by atoms with van der Waals surface area (Å²) in [5.74, 6) is -3.10. The van der Waals surface area contributed by atoms with Crippen molar-refractivity contribution >= 4 is 35.1 Å². The lowest BCUT2D eigenvalue weighted by atomic mass is 9.89. The summed E-state index contributed by atoms with van der Waals surface area (Å²) in [7, 11) is 0. The number of nitrogens with two attached hydrogens (primary N) is 1. The molecule has 2 saturated heterocycles. The average Bonchev–Trinajstić information content (AvgIpc) is 3.41. The Morgan fingerprint density at radius 1 is 1.27 bits per heavy atom. The number of nitrogens with zero attached hydrogens (tertiary/aromatic N) is 1. The molecule has 2 fully saturated rings. The number of carboxylic acid groups (broad SMARTS) is 2. The molecule has 1 amide bonds. The number of hydrogen-bond acceptors (Lipinski definition) is 6. The predicted molar refractivity (Wildman–Crippen MR) is 122 cm³/mol. The van der Waals surface area contributed by atoms with Gasteiger partial charge in [-0.25, -0.2) is 9.59 Å². The number of aliphatic carboxylic acids is 2. The van der Waals surface area contributed by atoms with Crippen LogP contribution in [-0.2, 0) is 16.0 Å². The van der Waals surface area contributed by atoms with Gasteiger partial charge in [0, 0.05) is 30.1 Å². The van der Waals surface area contributed by atoms with Crippen LogP contribution in [0.2, 0.25) is 5.02 Å². The summed E-state index contributed by atoms with van der Waals surface area (Å²) in [4.78, 5) is 38.5. The third kappa shape index (κ3) is 4.15. The molecular formula is C23H28ClN3O6. The largest absolute Gasteiger partial charge is 0.481 e. The van der Waals surface area contributed by atoms with Crippen molar-refractivity contribution in [3.8, 4) is 5.75 Å². The number of hydrogen-bond donors (Lipinski definition) is 4. The number of ether oxygens (including phenoxy) is 1. The van der Waals surface area contributed by atoms with Crippen LogP contribution in [0.3, 0.4) is 0 Å². The van der Waals surface area contributed by atoms with Crippen molar-refractivity contribution in [2.75, 3.05) is 25.4 Å². The molecule has 0 aromatic heterocycles. The van der Waals surface area contributed by atoms with Gasteiger partial charge in [0.2, 0.25) is 0 Å². The number of carbonyl (C=O) groups is 3. The summed E-state index contributed by atoms with van der Waals surface area (Å²) in [5, 5.41) is 21.8. The highest BCUT2D eigenvalue weighted by Crippen LogP contribution is 2.46. The van der Waals surface area contributed by atoms with Crippen molar-refractivity contribution in [3.05, 3.63) is 33.9 Å². The molecule has 33 heavy (non-hydrogen) atoms. The Bertz CT molecular complexity index is 1050. The number of fused-ring (bicyclic) bond motifs is 2. The molecule has 3 aliphatic rings. The maximum Gasteiger partial charge on any atom is 0.335 e. The molecule has 3 aliphatic heterocycles. The van der Waals surface area contributed by atoms with E-state index in [1.807, 2.05) is 0 Å². The van der Waals surface area contributed by atoms with Crippen molar-refractivity contribution < 1.29 is 29.3 Å². The first-order chi connectivity index (χ1) is 15.6. The molecule has 5 N–H and O–H groups in total. The molecular weight excluding hydrogens is 450 g/mol. The van der Waals surface area contributed by atoms with Gasteiger partial charge in [-0.1, -0.05) is 11.6 Å². The first-order valence-corrected chi connectivity index (χ1v) is 11.5. The predicted octanol–water partition coefficient (Wildman–Crippen LogP) is 2.46. The van der Waals surface area contributed by atoms with Crippen molar-refractivity contribution in [2.45, 2.75) is 56.6 Å². The first-order valence-electron chi connectivity index (χ1n) is 11.1. The van der Waals surface area contributed by atoms with Crippen LogP contribution in [-0.4, -0.2) is 63.7 Å². The van der Waals surface area contributed by atoms with Crippen molar-refractivity contribution in [3.63, 3.8) is 0 Å². The molecule has 9 nitrogen and oxygen atoms in total. The van der Waals surface area contributed by atoms with E-state index in [0.29, 0.717) is 18.2 Å². The molecule has 3 heterocycles. The normalized spacial score (nSPS) is 23.6. The van der Waals surface area contributed by atoms with Gasteiger partial charge in [-0.3, -0.25) is 9.69 Å². The molecule has 0 radical (unpaired) electrons. The number of amides is 1. The van der Waals surface area contributed by atoms with Gasteiger partial charge in [-0.15, -0.1) is 0 Å². The molecule has 1 atom stereocenters. The zero-order valence-corrected chi connectivity index (χ0v) is 19.2. The fraction of sp³-hybridized carbons (Fsp3) is 0.522. The van der Waals surface area contributed by atoms with E-state index >= 15 is 0 Å². The Morgan fingerprint density at radius 2 is 1.94 bits per heavy atom. The summed E-state index contributed by atoms with van der Waals surface area (Å²) in [6.07, 6.45) is 6.06. The Labute approximate surface area is 196 Å². The number of carboxylic acids is 2. The third-order valence-corrected chi connectivity index (χ3v) is 7.53. The topological polar surface area (TPSA) is 142 Å². The molecule has 0 bridgehead atoms. The van der Waals surface area contributed by atoms with Gasteiger partial charge in [-0.05, 0) is 58.2 Å². The van der Waals surface area contributed by atoms with E-state index in [1.165, 1.54) is 25.8 Å². The zero-order chi connectivity index (χ0) is 24.0. The second kappa shape index (κ2) is 8.53. The second-order valence-corrected chi connectivity index (χ2v) is 9.67. The molecule has 1 unspecified atom stereocenters. The standard InChI is InChI=1S/C23H28ClN3O6/c1-22(15(21(31)32)11-17(28)29)12-14-18(25)16(24)10-13(19(14)33-22)20(30)26-7-6-23-4-2-8-27(23)9-3-5-23/h10-11H,2-9,12,25H2,1H3,(H,26,30)(H,28,29)(H,31,32)/b15-11+. The number of nitrogen functional groups attached to an aromatic ring is 1. The number of rotatable bonds is 7. The van der Waals surface area contributed by atoms with Gasteiger partial charge >= 0.3 is 11.9 Å². The van der Waals surface area contributed by atoms with Gasteiger partial charge < -0.3 is 26.0 Å². The Balaban J connectivity index is 1.56. The molecule has 10 heteroatoms. The minimum Gasteiger partial charge on any atom is -0.481 e. The van der Waals surface area contributed by atoms with E-state index in [9.17, 15) is 19.5 Å². The fourth-order valence-corrected chi connectivity index (χ4v) is 5.83. The van der Waals surface area contributed by atoms with Crippen molar-refractivity contribution in [2.24, 2.45) is 0 Å². The van der Waals surface area contributed by atoms with Gasteiger partial charge in [0.15, 0.2) is 0 Å². The van der Waals surface area contributed by atoms with Crippen LogP contribution < -0.4 is 15.8 Å². The highest BCUT2D eigenvalue weighted by atomic mass is 35.5. The lowest BCUT2D eigenvalue weighted by Crippen LogP contribution is -2.41. The lowest BCUT2D eigenvalue weighted by molar-refractivity contribution is -0.136. The molecule has 0 aliphatic carbocycles. The smallest absolute Gasteiger partial charge is 0.335 e. The van der Waals surface area contributed by atoms with E-state index in [4.69, 9.17) is 27.2 Å². The van der Waals surface area contributed by atoms with Crippen LogP contribution in [0.1, 0.15) is 54.9 Å². The van der Waals surface area contributed by atoms with Gasteiger partial charge in [0.1, 0.15) is 11.4 Å². The van der Waals surface area contributed by atoms with E-state index in [2.05, 4.69) is 10.2 Å². The van der Waals surface area contributed by atoms with Crippen LogP contribution in [0.4, 0.5) is 5.69 Å². The van der Waals surface area contributed by atoms with Gasteiger partial charge in [0.05, 0.1) is 21.8 Å². The Hall–Kier alpha value is -2.78.